The number of carbonyl (C=O) groups excluding carboxylic acids is 1. The summed E-state index contributed by atoms with van der Waals surface area (Å²) >= 11 is 0. The number of nitrogens with one attached hydrogen (secondary N) is 1. The minimum atomic E-state index is -0.0161. The van der Waals surface area contributed by atoms with Crippen LogP contribution in [0.1, 0.15) is 25.3 Å². The van der Waals surface area contributed by atoms with Gasteiger partial charge < -0.3 is 14.8 Å². The van der Waals surface area contributed by atoms with Gasteiger partial charge in [-0.3, -0.25) is 9.69 Å². The molecule has 1 N–H and O–H groups in total. The lowest BCUT2D eigenvalue weighted by atomic mass is 10.2. The molecule has 1 aliphatic rings. The van der Waals surface area contributed by atoms with E-state index in [4.69, 9.17) is 9.47 Å². The van der Waals surface area contributed by atoms with Crippen LogP contribution in [0.5, 0.6) is 11.5 Å². The lowest BCUT2D eigenvalue weighted by Crippen LogP contribution is -2.34. The maximum absolute atomic E-state index is 12.6. The normalized spacial score (nSPS) is 13.5. The van der Waals surface area contributed by atoms with E-state index in [0.717, 1.165) is 30.8 Å². The van der Waals surface area contributed by atoms with Crippen LogP contribution < -0.4 is 14.8 Å². The Bertz CT molecular complexity index is 726. The van der Waals surface area contributed by atoms with E-state index in [1.165, 1.54) is 5.56 Å². The number of para-hydroxylation sites is 2. The molecule has 2 aromatic rings. The lowest BCUT2D eigenvalue weighted by molar-refractivity contribution is -0.117. The molecule has 5 heteroatoms. The molecule has 1 aliphatic carbocycles. The molecule has 0 heterocycles. The zero-order valence-electron chi connectivity index (χ0n) is 15.4. The first-order chi connectivity index (χ1) is 12.7. The molecule has 1 fully saturated rings. The quantitative estimate of drug-likeness (QED) is 0.746. The predicted octanol–water partition coefficient (Wildman–Crippen LogP) is 3.70. The molecule has 0 saturated heterocycles. The van der Waals surface area contributed by atoms with Gasteiger partial charge in [0.25, 0.3) is 0 Å². The summed E-state index contributed by atoms with van der Waals surface area (Å²) in [6, 6.07) is 16.0. The number of anilines is 1. The van der Waals surface area contributed by atoms with E-state index < -0.39 is 0 Å². The summed E-state index contributed by atoms with van der Waals surface area (Å²) in [6.07, 6.45) is 2.30. The minimum Gasteiger partial charge on any atom is -0.497 e. The summed E-state index contributed by atoms with van der Waals surface area (Å²) in [4.78, 5) is 14.8. The van der Waals surface area contributed by atoms with Crippen LogP contribution in [0.25, 0.3) is 0 Å². The minimum absolute atomic E-state index is 0.0161. The molecule has 2 aromatic carbocycles. The molecule has 0 aromatic heterocycles. The fourth-order valence-electron chi connectivity index (χ4n) is 2.94. The Hall–Kier alpha value is -2.53. The van der Waals surface area contributed by atoms with Crippen LogP contribution in [0.15, 0.2) is 48.5 Å². The highest BCUT2D eigenvalue weighted by molar-refractivity contribution is 5.93. The molecule has 0 spiro atoms. The first kappa shape index (κ1) is 18.3. The van der Waals surface area contributed by atoms with E-state index in [2.05, 4.69) is 22.3 Å². The van der Waals surface area contributed by atoms with Gasteiger partial charge in [-0.05, 0) is 49.6 Å². The molecule has 0 aliphatic heterocycles. The van der Waals surface area contributed by atoms with Gasteiger partial charge in [0.15, 0.2) is 0 Å². The molecule has 0 unspecified atom stereocenters. The highest BCUT2D eigenvalue weighted by atomic mass is 16.5. The number of nitrogens with zero attached hydrogens (tertiary/aromatic N) is 1. The number of hydrogen-bond donors (Lipinski definition) is 1. The molecule has 1 amide bonds. The summed E-state index contributed by atoms with van der Waals surface area (Å²) < 4.78 is 10.8. The zero-order chi connectivity index (χ0) is 18.4. The largest absolute Gasteiger partial charge is 0.497 e. The summed E-state index contributed by atoms with van der Waals surface area (Å²) in [5.74, 6) is 1.53. The Balaban J connectivity index is 1.61. The Morgan fingerprint density at radius 1 is 1.15 bits per heavy atom. The first-order valence-corrected chi connectivity index (χ1v) is 9.08. The van der Waals surface area contributed by atoms with Crippen molar-refractivity contribution in [3.05, 3.63) is 54.1 Å². The third-order valence-electron chi connectivity index (χ3n) is 4.42. The Labute approximate surface area is 154 Å². The van der Waals surface area contributed by atoms with Crippen LogP contribution in [-0.2, 0) is 11.3 Å². The van der Waals surface area contributed by atoms with Gasteiger partial charge in [0.05, 0.1) is 25.9 Å². The second-order valence-electron chi connectivity index (χ2n) is 6.46. The number of benzene rings is 2. The first-order valence-electron chi connectivity index (χ1n) is 9.08. The monoisotopic (exact) mass is 354 g/mol. The Morgan fingerprint density at radius 2 is 1.88 bits per heavy atom. The highest BCUT2D eigenvalue weighted by Crippen LogP contribution is 2.29. The average Bonchev–Trinajstić information content (AvgIpc) is 3.49. The molecule has 1 saturated carbocycles. The van der Waals surface area contributed by atoms with Crippen molar-refractivity contribution in [2.75, 3.05) is 25.6 Å². The molecular formula is C21H26N2O3. The number of ether oxygens (including phenoxy) is 2. The topological polar surface area (TPSA) is 50.8 Å². The van der Waals surface area contributed by atoms with E-state index in [1.807, 2.05) is 43.3 Å². The van der Waals surface area contributed by atoms with Gasteiger partial charge in [-0.1, -0.05) is 24.3 Å². The molecule has 0 radical (unpaired) electrons. The van der Waals surface area contributed by atoms with Gasteiger partial charge in [-0.15, -0.1) is 0 Å². The van der Waals surface area contributed by atoms with Crippen LogP contribution in [0.3, 0.4) is 0 Å². The Kier molecular flexibility index (Phi) is 6.12. The maximum atomic E-state index is 12.6. The second kappa shape index (κ2) is 8.72. The molecule has 3 rings (SSSR count). The number of carbonyl (C=O) groups is 1. The van der Waals surface area contributed by atoms with Gasteiger partial charge in [0.2, 0.25) is 5.91 Å². The fourth-order valence-corrected chi connectivity index (χ4v) is 2.94. The molecule has 26 heavy (non-hydrogen) atoms. The molecule has 138 valence electrons. The van der Waals surface area contributed by atoms with Crippen LogP contribution in [0.4, 0.5) is 5.69 Å². The standard InChI is InChI=1S/C21H26N2O3/c1-3-26-20-7-5-4-6-19(20)22-21(24)15-23(17-10-11-17)14-16-8-12-18(25-2)13-9-16/h4-9,12-13,17H,3,10-11,14-15H2,1-2H3,(H,22,24). The van der Waals surface area contributed by atoms with E-state index in [0.29, 0.717) is 24.9 Å². The van der Waals surface area contributed by atoms with Gasteiger partial charge in [0, 0.05) is 12.6 Å². The zero-order valence-corrected chi connectivity index (χ0v) is 15.4. The van der Waals surface area contributed by atoms with Crippen molar-refractivity contribution in [1.82, 2.24) is 4.90 Å². The Morgan fingerprint density at radius 3 is 2.54 bits per heavy atom. The SMILES string of the molecule is CCOc1ccccc1NC(=O)CN(Cc1ccc(OC)cc1)C1CC1. The summed E-state index contributed by atoms with van der Waals surface area (Å²) in [5, 5.41) is 2.99. The van der Waals surface area contributed by atoms with Crippen molar-refractivity contribution in [2.45, 2.75) is 32.4 Å². The van der Waals surface area contributed by atoms with Crippen molar-refractivity contribution >= 4 is 11.6 Å². The smallest absolute Gasteiger partial charge is 0.238 e. The number of methoxy groups -OCH3 is 1. The maximum Gasteiger partial charge on any atom is 0.238 e. The van der Waals surface area contributed by atoms with Gasteiger partial charge in [0.1, 0.15) is 11.5 Å². The number of rotatable bonds is 9. The third kappa shape index (κ3) is 4.99. The van der Waals surface area contributed by atoms with E-state index in [-0.39, 0.29) is 5.91 Å². The third-order valence-corrected chi connectivity index (χ3v) is 4.42. The number of hydrogen-bond acceptors (Lipinski definition) is 4. The van der Waals surface area contributed by atoms with Crippen molar-refractivity contribution in [2.24, 2.45) is 0 Å². The summed E-state index contributed by atoms with van der Waals surface area (Å²) in [7, 11) is 1.66. The molecule has 5 nitrogen and oxygen atoms in total. The van der Waals surface area contributed by atoms with E-state index >= 15 is 0 Å². The molecular weight excluding hydrogens is 328 g/mol. The molecule has 0 atom stereocenters. The van der Waals surface area contributed by atoms with Crippen LogP contribution in [-0.4, -0.2) is 37.1 Å². The van der Waals surface area contributed by atoms with Crippen LogP contribution in [0.2, 0.25) is 0 Å². The van der Waals surface area contributed by atoms with Crippen molar-refractivity contribution in [1.29, 1.82) is 0 Å². The van der Waals surface area contributed by atoms with Crippen LogP contribution >= 0.6 is 0 Å². The van der Waals surface area contributed by atoms with Crippen molar-refractivity contribution in [3.63, 3.8) is 0 Å². The predicted molar refractivity (Wildman–Crippen MR) is 103 cm³/mol. The molecule has 0 bridgehead atoms. The van der Waals surface area contributed by atoms with Crippen molar-refractivity contribution < 1.29 is 14.3 Å². The van der Waals surface area contributed by atoms with Gasteiger partial charge >= 0.3 is 0 Å². The van der Waals surface area contributed by atoms with Crippen molar-refractivity contribution in [3.8, 4) is 11.5 Å². The average molecular weight is 354 g/mol. The van der Waals surface area contributed by atoms with E-state index in [1.54, 1.807) is 7.11 Å². The highest BCUT2D eigenvalue weighted by Gasteiger charge is 2.30. The van der Waals surface area contributed by atoms with Crippen LogP contribution in [0, 0.1) is 0 Å². The lowest BCUT2D eigenvalue weighted by Gasteiger charge is -2.22. The summed E-state index contributed by atoms with van der Waals surface area (Å²) in [5.41, 5.74) is 1.90. The van der Waals surface area contributed by atoms with Gasteiger partial charge in [-0.2, -0.15) is 0 Å². The van der Waals surface area contributed by atoms with E-state index in [9.17, 15) is 4.79 Å². The second-order valence-corrected chi connectivity index (χ2v) is 6.46. The van der Waals surface area contributed by atoms with Gasteiger partial charge in [-0.25, -0.2) is 0 Å². The summed E-state index contributed by atoms with van der Waals surface area (Å²) in [6.45, 7) is 3.63. The number of amides is 1. The fraction of sp³-hybridized carbons (Fsp3) is 0.381.